The molecule has 1 heterocycles. The van der Waals surface area contributed by atoms with E-state index in [1.165, 1.54) is 7.11 Å². The molecule has 1 unspecified atom stereocenters. The lowest BCUT2D eigenvalue weighted by Crippen LogP contribution is -2.09. The Morgan fingerprint density at radius 3 is 2.90 bits per heavy atom. The summed E-state index contributed by atoms with van der Waals surface area (Å²) in [6.07, 6.45) is 0.379. The average Bonchev–Trinajstić information content (AvgIpc) is 2.45. The Hall–Kier alpha value is -1.82. The first kappa shape index (κ1) is 14.6. The van der Waals surface area contributed by atoms with Crippen LogP contribution in [0.25, 0.3) is 10.9 Å². The van der Waals surface area contributed by atoms with E-state index in [0.717, 1.165) is 10.9 Å². The molecule has 0 radical (unpaired) electrons. The van der Waals surface area contributed by atoms with Crippen LogP contribution in [0.5, 0.6) is 0 Å². The number of carbonyl (C=O) groups is 1. The fourth-order valence-corrected chi connectivity index (χ4v) is 2.63. The van der Waals surface area contributed by atoms with E-state index in [1.807, 2.05) is 31.2 Å². The molecule has 0 aliphatic heterocycles. The molecule has 0 fully saturated rings. The van der Waals surface area contributed by atoms with Crippen LogP contribution in [0.3, 0.4) is 0 Å². The van der Waals surface area contributed by atoms with Crippen molar-refractivity contribution in [3.05, 3.63) is 30.1 Å². The van der Waals surface area contributed by atoms with Crippen molar-refractivity contribution in [1.82, 2.24) is 9.97 Å². The van der Waals surface area contributed by atoms with Crippen LogP contribution in [0.4, 0.5) is 5.82 Å². The van der Waals surface area contributed by atoms with Crippen molar-refractivity contribution in [2.24, 2.45) is 0 Å². The minimum Gasteiger partial charge on any atom is -0.469 e. The van der Waals surface area contributed by atoms with Gasteiger partial charge in [-0.25, -0.2) is 9.97 Å². The Morgan fingerprint density at radius 2 is 2.15 bits per heavy atom. The quantitative estimate of drug-likeness (QED) is 0.852. The smallest absolute Gasteiger partial charge is 0.306 e. The maximum atomic E-state index is 11.2. The van der Waals surface area contributed by atoms with E-state index in [9.17, 15) is 4.79 Å². The molecule has 6 heteroatoms. The minimum absolute atomic E-state index is 0.152. The molecule has 1 atom stereocenters. The number of fused-ring (bicyclic) bond motifs is 1. The van der Waals surface area contributed by atoms with Crippen LogP contribution in [-0.4, -0.2) is 28.3 Å². The van der Waals surface area contributed by atoms with Crippen LogP contribution in [0.15, 0.2) is 24.3 Å². The van der Waals surface area contributed by atoms with E-state index in [0.29, 0.717) is 23.8 Å². The van der Waals surface area contributed by atoms with Crippen molar-refractivity contribution in [2.45, 2.75) is 24.3 Å². The molecular weight excluding hydrogens is 274 g/mol. The van der Waals surface area contributed by atoms with Gasteiger partial charge in [0, 0.05) is 10.6 Å². The van der Waals surface area contributed by atoms with Crippen LogP contribution < -0.4 is 5.73 Å². The molecular formula is C14H17N3O2S. The zero-order chi connectivity index (χ0) is 14.5. The third kappa shape index (κ3) is 3.60. The van der Waals surface area contributed by atoms with Crippen LogP contribution in [0.1, 0.15) is 19.2 Å². The first-order chi connectivity index (χ1) is 9.60. The van der Waals surface area contributed by atoms with Gasteiger partial charge in [0.05, 0.1) is 24.8 Å². The monoisotopic (exact) mass is 291 g/mol. The van der Waals surface area contributed by atoms with E-state index in [1.54, 1.807) is 11.8 Å². The highest BCUT2D eigenvalue weighted by Crippen LogP contribution is 2.22. The normalized spacial score (nSPS) is 12.3. The number of thioether (sulfide) groups is 1. The van der Waals surface area contributed by atoms with E-state index in [2.05, 4.69) is 14.7 Å². The highest BCUT2D eigenvalue weighted by Gasteiger charge is 2.11. The van der Waals surface area contributed by atoms with Gasteiger partial charge in [0.1, 0.15) is 11.6 Å². The van der Waals surface area contributed by atoms with Crippen molar-refractivity contribution in [3.8, 4) is 0 Å². The van der Waals surface area contributed by atoms with E-state index in [4.69, 9.17) is 5.73 Å². The minimum atomic E-state index is -0.205. The number of benzene rings is 1. The van der Waals surface area contributed by atoms with Gasteiger partial charge in [0.15, 0.2) is 0 Å². The lowest BCUT2D eigenvalue weighted by Gasteiger charge is -2.10. The lowest BCUT2D eigenvalue weighted by atomic mass is 10.2. The maximum Gasteiger partial charge on any atom is 0.306 e. The first-order valence-electron chi connectivity index (χ1n) is 6.29. The van der Waals surface area contributed by atoms with Gasteiger partial charge in [-0.05, 0) is 12.1 Å². The van der Waals surface area contributed by atoms with Gasteiger partial charge in [-0.1, -0.05) is 19.1 Å². The number of nitrogens with two attached hydrogens (primary N) is 1. The van der Waals surface area contributed by atoms with Gasteiger partial charge in [-0.3, -0.25) is 4.79 Å². The Kier molecular flexibility index (Phi) is 4.79. The summed E-state index contributed by atoms with van der Waals surface area (Å²) in [5.41, 5.74) is 6.77. The molecule has 0 amide bonds. The second-order valence-corrected chi connectivity index (χ2v) is 5.87. The van der Waals surface area contributed by atoms with Gasteiger partial charge in [-0.2, -0.15) is 11.8 Å². The van der Waals surface area contributed by atoms with Crippen molar-refractivity contribution >= 4 is 34.5 Å². The molecule has 2 rings (SSSR count). The largest absolute Gasteiger partial charge is 0.469 e. The number of hydrogen-bond donors (Lipinski definition) is 1. The molecule has 20 heavy (non-hydrogen) atoms. The van der Waals surface area contributed by atoms with Crippen molar-refractivity contribution < 1.29 is 9.53 Å². The van der Waals surface area contributed by atoms with E-state index < -0.39 is 0 Å². The zero-order valence-electron chi connectivity index (χ0n) is 11.5. The number of para-hydroxylation sites is 1. The molecule has 2 N–H and O–H groups in total. The summed E-state index contributed by atoms with van der Waals surface area (Å²) in [7, 11) is 1.40. The predicted molar refractivity (Wildman–Crippen MR) is 81.3 cm³/mol. The Morgan fingerprint density at radius 1 is 1.40 bits per heavy atom. The van der Waals surface area contributed by atoms with Crippen LogP contribution >= 0.6 is 11.8 Å². The van der Waals surface area contributed by atoms with Gasteiger partial charge in [-0.15, -0.1) is 0 Å². The van der Waals surface area contributed by atoms with E-state index >= 15 is 0 Å². The average molecular weight is 291 g/mol. The zero-order valence-corrected chi connectivity index (χ0v) is 12.3. The standard InChI is InChI=1S/C14H17N3O2S/c1-9(7-13(18)19-2)20-8-12-16-11-6-4-3-5-10(11)14(15)17-12/h3-6,9H,7-8H2,1-2H3,(H2,15,16,17). The van der Waals surface area contributed by atoms with Gasteiger partial charge in [0.25, 0.3) is 0 Å². The van der Waals surface area contributed by atoms with Crippen LogP contribution in [-0.2, 0) is 15.3 Å². The second-order valence-electron chi connectivity index (χ2n) is 4.44. The number of anilines is 1. The number of aromatic nitrogens is 2. The van der Waals surface area contributed by atoms with Crippen molar-refractivity contribution in [1.29, 1.82) is 0 Å². The topological polar surface area (TPSA) is 78.1 Å². The molecule has 106 valence electrons. The second kappa shape index (κ2) is 6.56. The highest BCUT2D eigenvalue weighted by atomic mass is 32.2. The fourth-order valence-electron chi connectivity index (χ4n) is 1.81. The number of carbonyl (C=O) groups excluding carboxylic acids is 1. The molecule has 0 bridgehead atoms. The summed E-state index contributed by atoms with van der Waals surface area (Å²) >= 11 is 1.61. The van der Waals surface area contributed by atoms with Gasteiger partial charge in [0.2, 0.25) is 0 Å². The predicted octanol–water partition coefficient (Wildman–Crippen LogP) is 2.40. The summed E-state index contributed by atoms with van der Waals surface area (Å²) in [4.78, 5) is 20.0. The Balaban J connectivity index is 2.05. The van der Waals surface area contributed by atoms with Crippen molar-refractivity contribution in [3.63, 3.8) is 0 Å². The molecule has 0 spiro atoms. The summed E-state index contributed by atoms with van der Waals surface area (Å²) in [5.74, 6) is 1.59. The fraction of sp³-hybridized carbons (Fsp3) is 0.357. The molecule has 5 nitrogen and oxygen atoms in total. The number of nitrogen functional groups attached to an aromatic ring is 1. The molecule has 1 aromatic heterocycles. The number of nitrogens with zero attached hydrogens (tertiary/aromatic N) is 2. The van der Waals surface area contributed by atoms with Gasteiger partial charge < -0.3 is 10.5 Å². The summed E-state index contributed by atoms with van der Waals surface area (Å²) in [6.45, 7) is 1.98. The summed E-state index contributed by atoms with van der Waals surface area (Å²) in [6, 6.07) is 7.65. The Labute approximate surface area is 121 Å². The highest BCUT2D eigenvalue weighted by molar-refractivity contribution is 7.99. The first-order valence-corrected chi connectivity index (χ1v) is 7.34. The Bertz CT molecular complexity index is 618. The third-order valence-electron chi connectivity index (χ3n) is 2.86. The molecule has 0 aliphatic carbocycles. The number of esters is 1. The molecule has 1 aromatic carbocycles. The number of ether oxygens (including phenoxy) is 1. The van der Waals surface area contributed by atoms with Crippen molar-refractivity contribution in [2.75, 3.05) is 12.8 Å². The lowest BCUT2D eigenvalue weighted by molar-refractivity contribution is -0.140. The number of methoxy groups -OCH3 is 1. The van der Waals surface area contributed by atoms with Crippen LogP contribution in [0.2, 0.25) is 0 Å². The molecule has 2 aromatic rings. The summed E-state index contributed by atoms with van der Waals surface area (Å²) in [5, 5.41) is 1.02. The van der Waals surface area contributed by atoms with Gasteiger partial charge >= 0.3 is 5.97 Å². The van der Waals surface area contributed by atoms with E-state index in [-0.39, 0.29) is 11.2 Å². The SMILES string of the molecule is COC(=O)CC(C)SCc1nc(N)c2ccccc2n1. The maximum absolute atomic E-state index is 11.2. The third-order valence-corrected chi connectivity index (χ3v) is 4.02. The summed E-state index contributed by atoms with van der Waals surface area (Å²) < 4.78 is 4.65. The number of rotatable bonds is 5. The molecule has 0 aliphatic rings. The number of hydrogen-bond acceptors (Lipinski definition) is 6. The molecule has 0 saturated heterocycles. The van der Waals surface area contributed by atoms with Crippen LogP contribution in [0, 0.1) is 0 Å². The molecule has 0 saturated carbocycles.